The molecule has 1 aliphatic rings. The lowest BCUT2D eigenvalue weighted by Gasteiger charge is -2.08. The second kappa shape index (κ2) is 3.02. The van der Waals surface area contributed by atoms with Crippen molar-refractivity contribution >= 4 is 0 Å². The largest absolute Gasteiger partial charge is 0.324 e. The van der Waals surface area contributed by atoms with E-state index in [4.69, 9.17) is 5.73 Å². The first-order valence-electron chi connectivity index (χ1n) is 3.79. The first-order chi connectivity index (χ1) is 4.34. The minimum atomic E-state index is 0.354. The molecule has 0 radical (unpaired) electrons. The van der Waals surface area contributed by atoms with Gasteiger partial charge in [0.25, 0.3) is 0 Å². The zero-order valence-corrected chi connectivity index (χ0v) is 6.06. The van der Waals surface area contributed by atoms with E-state index < -0.39 is 0 Å². The smallest absolute Gasteiger partial charge is 0.0250 e. The molecule has 0 bridgehead atoms. The SMILES string of the molecule is CC[C@@H](N)C1=CCCC1. The van der Waals surface area contributed by atoms with Crippen molar-refractivity contribution in [1.29, 1.82) is 0 Å². The molecule has 1 atom stereocenters. The van der Waals surface area contributed by atoms with Crippen LogP contribution in [0, 0.1) is 0 Å². The summed E-state index contributed by atoms with van der Waals surface area (Å²) in [6.07, 6.45) is 7.21. The quantitative estimate of drug-likeness (QED) is 0.560. The predicted octanol–water partition coefficient (Wildman–Crippen LogP) is 1.83. The number of rotatable bonds is 2. The van der Waals surface area contributed by atoms with Crippen molar-refractivity contribution in [3.05, 3.63) is 11.6 Å². The van der Waals surface area contributed by atoms with Crippen LogP contribution in [0.1, 0.15) is 32.6 Å². The topological polar surface area (TPSA) is 26.0 Å². The molecule has 2 N–H and O–H groups in total. The second-order valence-electron chi connectivity index (χ2n) is 2.69. The van der Waals surface area contributed by atoms with Gasteiger partial charge in [0.05, 0.1) is 0 Å². The normalized spacial score (nSPS) is 21.8. The van der Waals surface area contributed by atoms with Crippen molar-refractivity contribution in [3.8, 4) is 0 Å². The third-order valence-corrected chi connectivity index (χ3v) is 1.99. The van der Waals surface area contributed by atoms with Crippen LogP contribution in [-0.2, 0) is 0 Å². The molecule has 0 amide bonds. The summed E-state index contributed by atoms with van der Waals surface area (Å²) in [6.45, 7) is 2.14. The Bertz CT molecular complexity index is 116. The van der Waals surface area contributed by atoms with E-state index in [0.717, 1.165) is 6.42 Å². The summed E-state index contributed by atoms with van der Waals surface area (Å²) in [7, 11) is 0. The van der Waals surface area contributed by atoms with Gasteiger partial charge in [-0.25, -0.2) is 0 Å². The molecular weight excluding hydrogens is 110 g/mol. The van der Waals surface area contributed by atoms with E-state index in [9.17, 15) is 0 Å². The molecule has 0 saturated heterocycles. The molecule has 1 rings (SSSR count). The molecule has 0 aromatic heterocycles. The standard InChI is InChI=1S/C8H15N/c1-2-8(9)7-5-3-4-6-7/h5,8H,2-4,6,9H2,1H3/t8-/m1/s1. The minimum Gasteiger partial charge on any atom is -0.324 e. The molecule has 0 aliphatic heterocycles. The Hall–Kier alpha value is -0.300. The summed E-state index contributed by atoms with van der Waals surface area (Å²) < 4.78 is 0. The van der Waals surface area contributed by atoms with Gasteiger partial charge in [-0.1, -0.05) is 18.6 Å². The van der Waals surface area contributed by atoms with E-state index in [2.05, 4.69) is 13.0 Å². The van der Waals surface area contributed by atoms with Gasteiger partial charge < -0.3 is 5.73 Å². The van der Waals surface area contributed by atoms with Crippen LogP contribution in [0.4, 0.5) is 0 Å². The number of allylic oxidation sites excluding steroid dienone is 1. The van der Waals surface area contributed by atoms with Crippen molar-refractivity contribution in [3.63, 3.8) is 0 Å². The van der Waals surface area contributed by atoms with Gasteiger partial charge >= 0.3 is 0 Å². The van der Waals surface area contributed by atoms with E-state index in [1.165, 1.54) is 24.8 Å². The Morgan fingerprint density at radius 1 is 1.78 bits per heavy atom. The van der Waals surface area contributed by atoms with Gasteiger partial charge in [-0.3, -0.25) is 0 Å². The molecule has 0 heterocycles. The highest BCUT2D eigenvalue weighted by Crippen LogP contribution is 2.20. The van der Waals surface area contributed by atoms with Gasteiger partial charge in [-0.15, -0.1) is 0 Å². The first kappa shape index (κ1) is 6.81. The molecule has 0 spiro atoms. The van der Waals surface area contributed by atoms with Gasteiger partial charge in [0.15, 0.2) is 0 Å². The van der Waals surface area contributed by atoms with Crippen LogP contribution in [0.3, 0.4) is 0 Å². The summed E-state index contributed by atoms with van der Waals surface area (Å²) in [5, 5.41) is 0. The maximum absolute atomic E-state index is 5.81. The third-order valence-electron chi connectivity index (χ3n) is 1.99. The van der Waals surface area contributed by atoms with E-state index >= 15 is 0 Å². The van der Waals surface area contributed by atoms with Crippen LogP contribution in [0.5, 0.6) is 0 Å². The Balaban J connectivity index is 2.40. The zero-order valence-electron chi connectivity index (χ0n) is 6.06. The van der Waals surface area contributed by atoms with Crippen LogP contribution in [0.25, 0.3) is 0 Å². The fourth-order valence-electron chi connectivity index (χ4n) is 1.29. The molecule has 0 unspecified atom stereocenters. The molecule has 0 aromatic carbocycles. The zero-order chi connectivity index (χ0) is 6.69. The van der Waals surface area contributed by atoms with E-state index in [0.29, 0.717) is 6.04 Å². The summed E-state index contributed by atoms with van der Waals surface area (Å²) in [6, 6.07) is 0.354. The van der Waals surface area contributed by atoms with Crippen LogP contribution in [0.15, 0.2) is 11.6 Å². The molecule has 0 aromatic rings. The Labute approximate surface area is 56.9 Å². The first-order valence-corrected chi connectivity index (χ1v) is 3.79. The fraction of sp³-hybridized carbons (Fsp3) is 0.750. The minimum absolute atomic E-state index is 0.354. The average Bonchev–Trinajstić information content (AvgIpc) is 2.37. The Morgan fingerprint density at radius 2 is 2.56 bits per heavy atom. The van der Waals surface area contributed by atoms with Crippen LogP contribution in [-0.4, -0.2) is 6.04 Å². The Morgan fingerprint density at radius 3 is 3.00 bits per heavy atom. The van der Waals surface area contributed by atoms with Crippen molar-refractivity contribution in [2.45, 2.75) is 38.6 Å². The predicted molar refractivity (Wildman–Crippen MR) is 40.2 cm³/mol. The maximum Gasteiger partial charge on any atom is 0.0250 e. The molecule has 9 heavy (non-hydrogen) atoms. The molecular formula is C8H15N. The van der Waals surface area contributed by atoms with Crippen molar-refractivity contribution in [2.75, 3.05) is 0 Å². The highest BCUT2D eigenvalue weighted by Gasteiger charge is 2.09. The van der Waals surface area contributed by atoms with Crippen LogP contribution < -0.4 is 5.73 Å². The van der Waals surface area contributed by atoms with E-state index in [1.807, 2.05) is 0 Å². The summed E-state index contributed by atoms with van der Waals surface area (Å²) in [5.41, 5.74) is 7.29. The third kappa shape index (κ3) is 1.55. The lowest BCUT2D eigenvalue weighted by Crippen LogP contribution is -2.20. The molecule has 1 aliphatic carbocycles. The van der Waals surface area contributed by atoms with Gasteiger partial charge in [-0.05, 0) is 25.7 Å². The highest BCUT2D eigenvalue weighted by molar-refractivity contribution is 5.13. The van der Waals surface area contributed by atoms with Crippen molar-refractivity contribution in [2.24, 2.45) is 5.73 Å². The summed E-state index contributed by atoms with van der Waals surface area (Å²) in [4.78, 5) is 0. The molecule has 0 fully saturated rings. The van der Waals surface area contributed by atoms with Crippen LogP contribution >= 0.6 is 0 Å². The van der Waals surface area contributed by atoms with E-state index in [-0.39, 0.29) is 0 Å². The molecule has 1 nitrogen and oxygen atoms in total. The average molecular weight is 125 g/mol. The summed E-state index contributed by atoms with van der Waals surface area (Å²) in [5.74, 6) is 0. The van der Waals surface area contributed by atoms with Gasteiger partial charge in [0.1, 0.15) is 0 Å². The number of hydrogen-bond acceptors (Lipinski definition) is 1. The van der Waals surface area contributed by atoms with Gasteiger partial charge in [0, 0.05) is 6.04 Å². The highest BCUT2D eigenvalue weighted by atomic mass is 14.6. The van der Waals surface area contributed by atoms with Gasteiger partial charge in [-0.2, -0.15) is 0 Å². The van der Waals surface area contributed by atoms with Crippen molar-refractivity contribution < 1.29 is 0 Å². The molecule has 0 saturated carbocycles. The fourth-order valence-corrected chi connectivity index (χ4v) is 1.29. The van der Waals surface area contributed by atoms with Crippen LogP contribution in [0.2, 0.25) is 0 Å². The Kier molecular flexibility index (Phi) is 2.29. The monoisotopic (exact) mass is 125 g/mol. The van der Waals surface area contributed by atoms with E-state index in [1.54, 1.807) is 0 Å². The molecule has 1 heteroatoms. The second-order valence-corrected chi connectivity index (χ2v) is 2.69. The van der Waals surface area contributed by atoms with Crippen molar-refractivity contribution in [1.82, 2.24) is 0 Å². The van der Waals surface area contributed by atoms with Gasteiger partial charge in [0.2, 0.25) is 0 Å². The summed E-state index contributed by atoms with van der Waals surface area (Å²) >= 11 is 0. The number of hydrogen-bond donors (Lipinski definition) is 1. The lowest BCUT2D eigenvalue weighted by atomic mass is 10.1. The lowest BCUT2D eigenvalue weighted by molar-refractivity contribution is 0.710. The number of nitrogens with two attached hydrogens (primary N) is 1. The maximum atomic E-state index is 5.81. The molecule has 52 valence electrons.